The van der Waals surface area contributed by atoms with Gasteiger partial charge in [0.15, 0.2) is 0 Å². The molecule has 65 valence electrons. The second kappa shape index (κ2) is 3.15. The van der Waals surface area contributed by atoms with Crippen molar-refractivity contribution in [1.82, 2.24) is 0 Å². The molecule has 0 bridgehead atoms. The summed E-state index contributed by atoms with van der Waals surface area (Å²) in [4.78, 5) is 4.26. The van der Waals surface area contributed by atoms with Crippen molar-refractivity contribution in [3.63, 3.8) is 0 Å². The monoisotopic (exact) mass is 172 g/mol. The largest absolute Gasteiger partial charge is 0.386 e. The Hall–Kier alpha value is -1.41. The fourth-order valence-electron chi connectivity index (χ4n) is 1.31. The van der Waals surface area contributed by atoms with Crippen LogP contribution in [0.3, 0.4) is 0 Å². The van der Waals surface area contributed by atoms with E-state index in [9.17, 15) is 5.11 Å². The van der Waals surface area contributed by atoms with Crippen LogP contribution in [-0.2, 0) is 0 Å². The van der Waals surface area contributed by atoms with Crippen LogP contribution in [0, 0.1) is 6.04 Å². The summed E-state index contributed by atoms with van der Waals surface area (Å²) in [5.41, 5.74) is 0. The Kier molecular flexibility index (Phi) is 1.99. The lowest BCUT2D eigenvalue weighted by Gasteiger charge is -2.05. The molecule has 1 N–H and O–H groups in total. The van der Waals surface area contributed by atoms with E-state index in [0.29, 0.717) is 6.04 Å². The number of hydrogen-bond donors (Lipinski definition) is 1. The molecule has 0 saturated carbocycles. The fourth-order valence-corrected chi connectivity index (χ4v) is 1.31. The number of para-hydroxylation sites is 1. The third-order valence-corrected chi connectivity index (χ3v) is 2.02. The van der Waals surface area contributed by atoms with Gasteiger partial charge in [-0.1, -0.05) is 24.3 Å². The quantitative estimate of drug-likeness (QED) is 0.634. The van der Waals surface area contributed by atoms with Crippen LogP contribution in [0.25, 0.3) is 6.08 Å². The summed E-state index contributed by atoms with van der Waals surface area (Å²) in [6.45, 7) is 3.52. The number of nitrogens with zero attached hydrogens (tertiary/aromatic N) is 1. The second-order valence-electron chi connectivity index (χ2n) is 2.92. The molecule has 0 aromatic heterocycles. The Labute approximate surface area is 76.6 Å². The molecule has 2 rings (SSSR count). The van der Waals surface area contributed by atoms with Gasteiger partial charge in [-0.25, -0.2) is 0 Å². The van der Waals surface area contributed by atoms with Gasteiger partial charge >= 0.3 is 0 Å². The summed E-state index contributed by atoms with van der Waals surface area (Å²) in [5.74, 6) is 0. The van der Waals surface area contributed by atoms with E-state index >= 15 is 0 Å². The number of rotatable bonds is 2. The number of aliphatic hydroxyl groups excluding tert-OH is 1. The third kappa shape index (κ3) is 1.40. The van der Waals surface area contributed by atoms with Crippen molar-refractivity contribution >= 4 is 6.08 Å². The molecule has 0 saturated heterocycles. The molecule has 0 amide bonds. The maximum Gasteiger partial charge on any atom is 0.141 e. The summed E-state index contributed by atoms with van der Waals surface area (Å²) in [5, 5.41) is 11.4. The fraction of sp³-hybridized carbons (Fsp3) is 0.0909. The highest BCUT2D eigenvalue weighted by Gasteiger charge is 2.16. The minimum Gasteiger partial charge on any atom is -0.386 e. The maximum absolute atomic E-state index is 9.45. The van der Waals surface area contributed by atoms with Crippen LogP contribution in [0.15, 0.2) is 41.9 Å². The predicted molar refractivity (Wildman–Crippen MR) is 51.1 cm³/mol. The molecule has 0 aliphatic carbocycles. The normalized spacial score (nSPS) is 17.0. The van der Waals surface area contributed by atoms with E-state index in [1.807, 2.05) is 30.3 Å². The molecule has 1 unspecified atom stereocenters. The molecule has 1 aromatic carbocycles. The van der Waals surface area contributed by atoms with E-state index in [1.165, 1.54) is 6.08 Å². The van der Waals surface area contributed by atoms with Crippen molar-refractivity contribution < 1.29 is 5.11 Å². The first kappa shape index (κ1) is 8.20. The zero-order chi connectivity index (χ0) is 9.26. The van der Waals surface area contributed by atoms with Gasteiger partial charge in [-0.3, -0.25) is 4.99 Å². The Morgan fingerprint density at radius 3 is 2.85 bits per heavy atom. The maximum atomic E-state index is 9.45. The molecular formula is C11H10NO. The Morgan fingerprint density at radius 2 is 2.15 bits per heavy atom. The molecule has 0 spiro atoms. The van der Waals surface area contributed by atoms with Crippen molar-refractivity contribution in [1.29, 1.82) is 0 Å². The van der Waals surface area contributed by atoms with E-state index in [-0.39, 0.29) is 0 Å². The van der Waals surface area contributed by atoms with Gasteiger partial charge in [0.05, 0.1) is 5.36 Å². The van der Waals surface area contributed by atoms with E-state index in [2.05, 4.69) is 11.6 Å². The summed E-state index contributed by atoms with van der Waals surface area (Å²) in [7, 11) is 0. The highest BCUT2D eigenvalue weighted by Crippen LogP contribution is 2.12. The van der Waals surface area contributed by atoms with E-state index in [0.717, 1.165) is 10.6 Å². The number of aliphatic hydroxyl groups is 1. The first-order valence-corrected chi connectivity index (χ1v) is 4.14. The van der Waals surface area contributed by atoms with Crippen LogP contribution in [0.5, 0.6) is 0 Å². The van der Waals surface area contributed by atoms with Gasteiger partial charge < -0.3 is 5.11 Å². The number of hydrogen-bond acceptors (Lipinski definition) is 2. The lowest BCUT2D eigenvalue weighted by Crippen LogP contribution is -2.19. The highest BCUT2D eigenvalue weighted by atomic mass is 16.3. The second-order valence-corrected chi connectivity index (χ2v) is 2.92. The van der Waals surface area contributed by atoms with Crippen LogP contribution < -0.4 is 10.6 Å². The summed E-state index contributed by atoms with van der Waals surface area (Å²) >= 11 is 0. The summed E-state index contributed by atoms with van der Waals surface area (Å²) in [6.07, 6.45) is 2.69. The lowest BCUT2D eigenvalue weighted by atomic mass is 10.1. The standard InChI is InChI=1S/C11H10NO/c1-2-11(13)10-7-8-5-3-4-6-9(8)12-10/h2-7,11,13H,1H2. The average Bonchev–Trinajstić information content (AvgIpc) is 2.59. The number of benzene rings is 1. The molecule has 1 atom stereocenters. The van der Waals surface area contributed by atoms with Crippen LogP contribution in [-0.4, -0.2) is 11.2 Å². The van der Waals surface area contributed by atoms with Crippen molar-refractivity contribution in [2.24, 2.45) is 4.99 Å². The molecule has 1 radical (unpaired) electrons. The molecule has 1 aliphatic heterocycles. The van der Waals surface area contributed by atoms with Crippen molar-refractivity contribution in [3.8, 4) is 0 Å². The lowest BCUT2D eigenvalue weighted by molar-refractivity contribution is 0.244. The van der Waals surface area contributed by atoms with Crippen LogP contribution in [0.2, 0.25) is 0 Å². The smallest absolute Gasteiger partial charge is 0.141 e. The van der Waals surface area contributed by atoms with E-state index < -0.39 is 6.10 Å². The van der Waals surface area contributed by atoms with E-state index in [4.69, 9.17) is 0 Å². The van der Waals surface area contributed by atoms with Crippen molar-refractivity contribution in [2.75, 3.05) is 0 Å². The van der Waals surface area contributed by atoms with Crippen LogP contribution >= 0.6 is 0 Å². The van der Waals surface area contributed by atoms with Gasteiger partial charge in [-0.15, -0.1) is 6.58 Å². The van der Waals surface area contributed by atoms with Gasteiger partial charge in [0, 0.05) is 0 Å². The zero-order valence-corrected chi connectivity index (χ0v) is 7.14. The Bertz CT molecular complexity index is 401. The molecule has 2 heteroatoms. The van der Waals surface area contributed by atoms with Gasteiger partial charge in [0.1, 0.15) is 12.1 Å². The van der Waals surface area contributed by atoms with Crippen LogP contribution in [0.1, 0.15) is 0 Å². The van der Waals surface area contributed by atoms with Crippen molar-refractivity contribution in [3.05, 3.63) is 53.5 Å². The first-order valence-electron chi connectivity index (χ1n) is 4.14. The van der Waals surface area contributed by atoms with E-state index in [1.54, 1.807) is 0 Å². The third-order valence-electron chi connectivity index (χ3n) is 2.02. The predicted octanol–water partition coefficient (Wildman–Crippen LogP) is 0.179. The van der Waals surface area contributed by atoms with Crippen LogP contribution in [0.4, 0.5) is 0 Å². The number of fused-ring (bicyclic) bond motifs is 1. The molecule has 2 nitrogen and oxygen atoms in total. The zero-order valence-electron chi connectivity index (χ0n) is 7.14. The average molecular weight is 172 g/mol. The first-order chi connectivity index (χ1) is 6.31. The van der Waals surface area contributed by atoms with Gasteiger partial charge in [-0.05, 0) is 17.4 Å². The minimum absolute atomic E-state index is 0.660. The molecule has 1 aromatic rings. The summed E-state index contributed by atoms with van der Waals surface area (Å²) in [6, 6.07) is 8.44. The van der Waals surface area contributed by atoms with Gasteiger partial charge in [0.25, 0.3) is 0 Å². The SMILES string of the molecule is C=CC(O)[C]1C=c2ccccc2=N1. The van der Waals surface area contributed by atoms with Crippen molar-refractivity contribution in [2.45, 2.75) is 6.10 Å². The summed E-state index contributed by atoms with van der Waals surface area (Å²) < 4.78 is 0. The highest BCUT2D eigenvalue weighted by molar-refractivity contribution is 5.47. The molecular weight excluding hydrogens is 162 g/mol. The Morgan fingerprint density at radius 1 is 1.38 bits per heavy atom. The Balaban J connectivity index is 2.46. The molecule has 0 fully saturated rings. The van der Waals surface area contributed by atoms with Gasteiger partial charge in [0.2, 0.25) is 0 Å². The molecule has 13 heavy (non-hydrogen) atoms. The van der Waals surface area contributed by atoms with Gasteiger partial charge in [-0.2, -0.15) is 0 Å². The minimum atomic E-state index is -0.660. The molecule has 1 aliphatic rings. The molecule has 1 heterocycles. The topological polar surface area (TPSA) is 32.6 Å².